The Morgan fingerprint density at radius 1 is 0.893 bits per heavy atom. The van der Waals surface area contributed by atoms with Gasteiger partial charge in [0.2, 0.25) is 5.91 Å². The van der Waals surface area contributed by atoms with Gasteiger partial charge in [0.25, 0.3) is 5.91 Å². The first-order chi connectivity index (χ1) is 13.5. The minimum atomic E-state index is -0.430. The summed E-state index contributed by atoms with van der Waals surface area (Å²) < 4.78 is 13.8. The van der Waals surface area contributed by atoms with Crippen LogP contribution < -0.4 is 10.6 Å². The quantitative estimate of drug-likeness (QED) is 0.666. The van der Waals surface area contributed by atoms with Crippen molar-refractivity contribution in [3.63, 3.8) is 0 Å². The Morgan fingerprint density at radius 3 is 2.29 bits per heavy atom. The van der Waals surface area contributed by atoms with Crippen molar-refractivity contribution < 1.29 is 14.0 Å². The summed E-state index contributed by atoms with van der Waals surface area (Å²) in [6.07, 6.45) is -0.108. The number of carbonyl (C=O) groups excluding carboxylic acids is 2. The first kappa shape index (κ1) is 19.3. The van der Waals surface area contributed by atoms with E-state index < -0.39 is 5.82 Å². The molecule has 0 bridgehead atoms. The maximum Gasteiger partial charge on any atom is 0.253 e. The highest BCUT2D eigenvalue weighted by Crippen LogP contribution is 2.18. The summed E-state index contributed by atoms with van der Waals surface area (Å²) in [6.45, 7) is 1.90. The van der Waals surface area contributed by atoms with Crippen LogP contribution in [0.3, 0.4) is 0 Å². The Balaban J connectivity index is 1.71. The molecule has 0 unspecified atom stereocenters. The molecule has 0 saturated carbocycles. The number of para-hydroxylation sites is 1. The Morgan fingerprint density at radius 2 is 1.54 bits per heavy atom. The fourth-order valence-corrected chi connectivity index (χ4v) is 2.90. The fourth-order valence-electron chi connectivity index (χ4n) is 2.90. The fraction of sp³-hybridized carbons (Fsp3) is 0.130. The van der Waals surface area contributed by atoms with Gasteiger partial charge in [-0.3, -0.25) is 9.59 Å². The summed E-state index contributed by atoms with van der Waals surface area (Å²) in [5.74, 6) is -1.11. The van der Waals surface area contributed by atoms with Crippen molar-refractivity contribution in [3.05, 3.63) is 101 Å². The second-order valence-electron chi connectivity index (χ2n) is 6.47. The lowest BCUT2D eigenvalue weighted by atomic mass is 10.1. The van der Waals surface area contributed by atoms with Gasteiger partial charge in [-0.2, -0.15) is 0 Å². The number of hydrogen-bond acceptors (Lipinski definition) is 2. The summed E-state index contributed by atoms with van der Waals surface area (Å²) >= 11 is 0. The second-order valence-corrected chi connectivity index (χ2v) is 6.47. The maximum absolute atomic E-state index is 13.8. The van der Waals surface area contributed by atoms with Gasteiger partial charge in [-0.15, -0.1) is 0 Å². The van der Waals surface area contributed by atoms with Crippen molar-refractivity contribution in [1.29, 1.82) is 0 Å². The van der Waals surface area contributed by atoms with Crippen LogP contribution in [0, 0.1) is 5.82 Å². The van der Waals surface area contributed by atoms with Gasteiger partial charge in [-0.25, -0.2) is 4.39 Å². The van der Waals surface area contributed by atoms with Crippen LogP contribution in [-0.2, 0) is 11.2 Å². The molecule has 0 saturated heterocycles. The minimum absolute atomic E-state index is 0.108. The van der Waals surface area contributed by atoms with E-state index in [9.17, 15) is 14.0 Å². The lowest BCUT2D eigenvalue weighted by Gasteiger charge is -2.16. The van der Waals surface area contributed by atoms with Crippen molar-refractivity contribution in [2.45, 2.75) is 19.4 Å². The minimum Gasteiger partial charge on any atom is -0.345 e. The van der Waals surface area contributed by atoms with Gasteiger partial charge in [0, 0.05) is 0 Å². The molecule has 0 aliphatic heterocycles. The molecule has 0 fully saturated rings. The van der Waals surface area contributed by atoms with Gasteiger partial charge < -0.3 is 10.6 Å². The smallest absolute Gasteiger partial charge is 0.253 e. The molecule has 0 heterocycles. The molecule has 3 aromatic rings. The molecule has 0 aromatic heterocycles. The van der Waals surface area contributed by atoms with Crippen molar-refractivity contribution in [1.82, 2.24) is 5.32 Å². The second kappa shape index (κ2) is 8.95. The van der Waals surface area contributed by atoms with E-state index in [4.69, 9.17) is 0 Å². The zero-order chi connectivity index (χ0) is 19.9. The van der Waals surface area contributed by atoms with Crippen molar-refractivity contribution in [2.24, 2.45) is 0 Å². The van der Waals surface area contributed by atoms with Crippen LogP contribution in [0.25, 0.3) is 0 Å². The van der Waals surface area contributed by atoms with E-state index in [1.165, 1.54) is 6.07 Å². The van der Waals surface area contributed by atoms with E-state index >= 15 is 0 Å². The molecular formula is C23H21FN2O2. The summed E-state index contributed by atoms with van der Waals surface area (Å²) in [5.41, 5.74) is 2.03. The lowest BCUT2D eigenvalue weighted by molar-refractivity contribution is -0.115. The Kier molecular flexibility index (Phi) is 6.17. The third kappa shape index (κ3) is 4.82. The molecule has 2 amide bonds. The first-order valence-electron chi connectivity index (χ1n) is 9.02. The predicted octanol–water partition coefficient (Wildman–Crippen LogP) is 4.50. The normalized spacial score (nSPS) is 11.5. The van der Waals surface area contributed by atoms with Gasteiger partial charge >= 0.3 is 0 Å². The highest BCUT2D eigenvalue weighted by Gasteiger charge is 2.16. The largest absolute Gasteiger partial charge is 0.345 e. The molecule has 4 nitrogen and oxygen atoms in total. The van der Waals surface area contributed by atoms with Crippen LogP contribution in [0.5, 0.6) is 0 Å². The van der Waals surface area contributed by atoms with E-state index in [1.807, 2.05) is 37.3 Å². The average Bonchev–Trinajstić information content (AvgIpc) is 2.70. The zero-order valence-electron chi connectivity index (χ0n) is 15.5. The standard InChI is InChI=1S/C23H21FN2O2/c1-16(17-9-3-2-4-10-17)25-23(28)19-12-6-8-14-21(19)26-22(27)15-18-11-5-7-13-20(18)24/h2-14,16H,15H2,1H3,(H,25,28)(H,26,27)/t16-/m1/s1. The molecule has 142 valence electrons. The van der Waals surface area contributed by atoms with Crippen LogP contribution in [0.4, 0.5) is 10.1 Å². The van der Waals surface area contributed by atoms with Crippen molar-refractivity contribution in [3.8, 4) is 0 Å². The van der Waals surface area contributed by atoms with E-state index in [1.54, 1.807) is 42.5 Å². The highest BCUT2D eigenvalue weighted by molar-refractivity contribution is 6.04. The third-order valence-electron chi connectivity index (χ3n) is 4.40. The van der Waals surface area contributed by atoms with Gasteiger partial charge in [-0.05, 0) is 36.2 Å². The average molecular weight is 376 g/mol. The Hall–Kier alpha value is -3.47. The van der Waals surface area contributed by atoms with E-state index in [2.05, 4.69) is 10.6 Å². The number of rotatable bonds is 6. The molecule has 0 spiro atoms. The number of carbonyl (C=O) groups is 2. The van der Waals surface area contributed by atoms with E-state index in [0.29, 0.717) is 16.8 Å². The lowest BCUT2D eigenvalue weighted by Crippen LogP contribution is -2.28. The van der Waals surface area contributed by atoms with Gasteiger partial charge in [0.05, 0.1) is 23.7 Å². The highest BCUT2D eigenvalue weighted by atomic mass is 19.1. The number of benzene rings is 3. The Labute approximate surface area is 163 Å². The van der Waals surface area contributed by atoms with Gasteiger partial charge in [-0.1, -0.05) is 60.7 Å². The SMILES string of the molecule is C[C@@H](NC(=O)c1ccccc1NC(=O)Cc1ccccc1F)c1ccccc1. The molecule has 5 heteroatoms. The molecule has 2 N–H and O–H groups in total. The number of nitrogens with one attached hydrogen (secondary N) is 2. The molecule has 0 radical (unpaired) electrons. The molecule has 0 aliphatic rings. The topological polar surface area (TPSA) is 58.2 Å². The molecule has 0 aliphatic carbocycles. The van der Waals surface area contributed by atoms with Crippen molar-refractivity contribution >= 4 is 17.5 Å². The van der Waals surface area contributed by atoms with Crippen LogP contribution in [0.15, 0.2) is 78.9 Å². The molecule has 1 atom stereocenters. The summed E-state index contributed by atoms with van der Waals surface area (Å²) in [6, 6.07) is 22.3. The van der Waals surface area contributed by atoms with Crippen LogP contribution in [0.2, 0.25) is 0 Å². The van der Waals surface area contributed by atoms with Crippen LogP contribution in [-0.4, -0.2) is 11.8 Å². The maximum atomic E-state index is 13.8. The Bertz CT molecular complexity index is 973. The number of hydrogen-bond donors (Lipinski definition) is 2. The van der Waals surface area contributed by atoms with Gasteiger partial charge in [0.1, 0.15) is 5.82 Å². The van der Waals surface area contributed by atoms with E-state index in [0.717, 1.165) is 5.56 Å². The first-order valence-corrected chi connectivity index (χ1v) is 9.02. The van der Waals surface area contributed by atoms with Crippen LogP contribution >= 0.6 is 0 Å². The third-order valence-corrected chi connectivity index (χ3v) is 4.40. The predicted molar refractivity (Wildman–Crippen MR) is 107 cm³/mol. The summed E-state index contributed by atoms with van der Waals surface area (Å²) in [4.78, 5) is 25.1. The monoisotopic (exact) mass is 376 g/mol. The molecular weight excluding hydrogens is 355 g/mol. The summed E-state index contributed by atoms with van der Waals surface area (Å²) in [5, 5.41) is 5.65. The molecule has 28 heavy (non-hydrogen) atoms. The molecule has 3 rings (SSSR count). The van der Waals surface area contributed by atoms with E-state index in [-0.39, 0.29) is 24.3 Å². The molecule has 3 aromatic carbocycles. The summed E-state index contributed by atoms with van der Waals surface area (Å²) in [7, 11) is 0. The number of amides is 2. The van der Waals surface area contributed by atoms with Crippen LogP contribution in [0.1, 0.15) is 34.5 Å². The zero-order valence-corrected chi connectivity index (χ0v) is 15.5. The van der Waals surface area contributed by atoms with Crippen molar-refractivity contribution in [2.75, 3.05) is 5.32 Å². The number of halogens is 1. The number of anilines is 1. The van der Waals surface area contributed by atoms with Gasteiger partial charge in [0.15, 0.2) is 0 Å².